The van der Waals surface area contributed by atoms with Gasteiger partial charge in [0, 0.05) is 25.3 Å². The molecule has 1 unspecified atom stereocenters. The molecule has 17 heavy (non-hydrogen) atoms. The maximum Gasteiger partial charge on any atom is 0.246 e. The van der Waals surface area contributed by atoms with Crippen LogP contribution in [0.5, 0.6) is 0 Å². The van der Waals surface area contributed by atoms with E-state index in [9.17, 15) is 8.42 Å². The number of likely N-dealkylation sites (N-methyl/N-ethyl adjacent to an activating group) is 1. The fourth-order valence-electron chi connectivity index (χ4n) is 2.22. The number of nitrogens with one attached hydrogen (secondary N) is 1. The molecular weight excluding hydrogens is 240 g/mol. The fourth-order valence-corrected chi connectivity index (χ4v) is 3.79. The molecule has 1 aliphatic rings. The molecule has 1 aromatic rings. The minimum atomic E-state index is -3.40. The molecule has 1 aliphatic heterocycles. The van der Waals surface area contributed by atoms with Crippen LogP contribution in [0.25, 0.3) is 0 Å². The number of aromatic amines is 1. The van der Waals surface area contributed by atoms with Gasteiger partial charge in [0.15, 0.2) is 0 Å². The minimum Gasteiger partial charge on any atom is -0.305 e. The number of sulfonamides is 1. The van der Waals surface area contributed by atoms with Gasteiger partial charge in [-0.3, -0.25) is 5.10 Å². The van der Waals surface area contributed by atoms with E-state index in [1.165, 1.54) is 12.4 Å². The third kappa shape index (κ3) is 2.51. The molecule has 1 N–H and O–H groups in total. The van der Waals surface area contributed by atoms with Gasteiger partial charge in [0.1, 0.15) is 4.90 Å². The zero-order valence-corrected chi connectivity index (χ0v) is 10.9. The highest BCUT2D eigenvalue weighted by molar-refractivity contribution is 7.89. The third-order valence-electron chi connectivity index (χ3n) is 3.07. The Kier molecular flexibility index (Phi) is 3.50. The Morgan fingerprint density at radius 1 is 1.47 bits per heavy atom. The molecular formula is C10H18N4O2S. The summed E-state index contributed by atoms with van der Waals surface area (Å²) >= 11 is 0. The molecule has 0 aromatic carbocycles. The lowest BCUT2D eigenvalue weighted by atomic mass is 10.3. The van der Waals surface area contributed by atoms with E-state index >= 15 is 0 Å². The Bertz CT molecular complexity index is 457. The molecule has 1 atom stereocenters. The van der Waals surface area contributed by atoms with Gasteiger partial charge in [-0.15, -0.1) is 0 Å². The van der Waals surface area contributed by atoms with Crippen LogP contribution in [-0.2, 0) is 10.0 Å². The molecule has 0 spiro atoms. The van der Waals surface area contributed by atoms with Gasteiger partial charge < -0.3 is 4.90 Å². The van der Waals surface area contributed by atoms with Gasteiger partial charge in [-0.25, -0.2) is 8.42 Å². The van der Waals surface area contributed by atoms with Crippen LogP contribution in [0, 0.1) is 0 Å². The van der Waals surface area contributed by atoms with E-state index in [1.54, 1.807) is 4.31 Å². The van der Waals surface area contributed by atoms with E-state index in [-0.39, 0.29) is 10.9 Å². The van der Waals surface area contributed by atoms with Crippen molar-refractivity contribution in [1.29, 1.82) is 0 Å². The van der Waals surface area contributed by atoms with Crippen molar-refractivity contribution in [2.24, 2.45) is 0 Å². The second-order valence-corrected chi connectivity index (χ2v) is 6.41. The largest absolute Gasteiger partial charge is 0.305 e. The summed E-state index contributed by atoms with van der Waals surface area (Å²) in [5.41, 5.74) is 0. The standard InChI is InChI=1S/C10H18N4O2S/c1-9-8-13(2)4-3-5-14(9)17(15,16)10-6-11-12-7-10/h6-7,9H,3-5,8H2,1-2H3,(H,11,12). The summed E-state index contributed by atoms with van der Waals surface area (Å²) in [6, 6.07) is -0.0117. The fraction of sp³-hybridized carbons (Fsp3) is 0.700. The van der Waals surface area contributed by atoms with Crippen LogP contribution in [0.2, 0.25) is 0 Å². The second kappa shape index (κ2) is 4.75. The number of hydrogen-bond acceptors (Lipinski definition) is 4. The molecule has 7 heteroatoms. The van der Waals surface area contributed by atoms with Crippen molar-refractivity contribution in [3.8, 4) is 0 Å². The number of H-pyrrole nitrogens is 1. The monoisotopic (exact) mass is 258 g/mol. The lowest BCUT2D eigenvalue weighted by Gasteiger charge is -2.26. The smallest absolute Gasteiger partial charge is 0.246 e. The number of aromatic nitrogens is 2. The van der Waals surface area contributed by atoms with Gasteiger partial charge in [0.05, 0.1) is 6.20 Å². The average molecular weight is 258 g/mol. The van der Waals surface area contributed by atoms with Crippen molar-refractivity contribution in [2.45, 2.75) is 24.3 Å². The van der Waals surface area contributed by atoms with Crippen LogP contribution in [0.4, 0.5) is 0 Å². The Morgan fingerprint density at radius 2 is 2.24 bits per heavy atom. The Hall–Kier alpha value is -0.920. The lowest BCUT2D eigenvalue weighted by molar-refractivity contribution is 0.290. The average Bonchev–Trinajstić information content (AvgIpc) is 2.72. The molecule has 0 bridgehead atoms. The minimum absolute atomic E-state index is 0.0117. The van der Waals surface area contributed by atoms with Crippen LogP contribution in [0.1, 0.15) is 13.3 Å². The molecule has 96 valence electrons. The summed E-state index contributed by atoms with van der Waals surface area (Å²) in [6.07, 6.45) is 3.64. The number of rotatable bonds is 2. The Balaban J connectivity index is 2.27. The third-order valence-corrected chi connectivity index (χ3v) is 5.04. The van der Waals surface area contributed by atoms with E-state index in [2.05, 4.69) is 15.1 Å². The van der Waals surface area contributed by atoms with Gasteiger partial charge in [-0.05, 0) is 26.9 Å². The van der Waals surface area contributed by atoms with E-state index in [1.807, 2.05) is 14.0 Å². The van der Waals surface area contributed by atoms with Gasteiger partial charge in [-0.1, -0.05) is 0 Å². The highest BCUT2D eigenvalue weighted by atomic mass is 32.2. The van der Waals surface area contributed by atoms with Gasteiger partial charge in [0.25, 0.3) is 0 Å². The molecule has 1 fully saturated rings. The summed E-state index contributed by atoms with van der Waals surface area (Å²) in [6.45, 7) is 4.21. The number of hydrogen-bond donors (Lipinski definition) is 1. The first kappa shape index (κ1) is 12.5. The zero-order valence-electron chi connectivity index (χ0n) is 10.1. The van der Waals surface area contributed by atoms with E-state index in [0.717, 1.165) is 19.5 Å². The Labute approximate surface area is 102 Å². The van der Waals surface area contributed by atoms with Crippen molar-refractivity contribution in [3.63, 3.8) is 0 Å². The summed E-state index contributed by atoms with van der Waals surface area (Å²) in [7, 11) is -1.38. The van der Waals surface area contributed by atoms with Crippen LogP contribution in [0.15, 0.2) is 17.3 Å². The van der Waals surface area contributed by atoms with Crippen molar-refractivity contribution in [2.75, 3.05) is 26.7 Å². The molecule has 1 saturated heterocycles. The molecule has 0 saturated carbocycles. The quantitative estimate of drug-likeness (QED) is 0.818. The molecule has 0 radical (unpaired) electrons. The summed E-state index contributed by atoms with van der Waals surface area (Å²) in [5.74, 6) is 0. The molecule has 2 rings (SSSR count). The normalized spacial score (nSPS) is 24.7. The van der Waals surface area contributed by atoms with Crippen LogP contribution in [-0.4, -0.2) is 60.5 Å². The Morgan fingerprint density at radius 3 is 2.88 bits per heavy atom. The summed E-state index contributed by atoms with van der Waals surface area (Å²) in [5, 5.41) is 6.25. The summed E-state index contributed by atoms with van der Waals surface area (Å²) < 4.78 is 26.3. The SMILES string of the molecule is CC1CN(C)CCCN1S(=O)(=O)c1cn[nH]c1. The molecule has 6 nitrogen and oxygen atoms in total. The van der Waals surface area contributed by atoms with Crippen molar-refractivity contribution in [3.05, 3.63) is 12.4 Å². The molecule has 1 aromatic heterocycles. The predicted molar refractivity (Wildman–Crippen MR) is 64.1 cm³/mol. The van der Waals surface area contributed by atoms with E-state index in [4.69, 9.17) is 0 Å². The second-order valence-electron chi connectivity index (χ2n) is 4.51. The van der Waals surface area contributed by atoms with E-state index in [0.29, 0.717) is 6.54 Å². The van der Waals surface area contributed by atoms with Gasteiger partial charge in [0.2, 0.25) is 10.0 Å². The van der Waals surface area contributed by atoms with Crippen LogP contribution in [0.3, 0.4) is 0 Å². The molecule has 2 heterocycles. The predicted octanol–water partition coefficient (Wildman–Crippen LogP) is 0.124. The van der Waals surface area contributed by atoms with Crippen LogP contribution < -0.4 is 0 Å². The highest BCUT2D eigenvalue weighted by Gasteiger charge is 2.31. The van der Waals surface area contributed by atoms with Crippen molar-refractivity contribution < 1.29 is 8.42 Å². The lowest BCUT2D eigenvalue weighted by Crippen LogP contribution is -2.41. The highest BCUT2D eigenvalue weighted by Crippen LogP contribution is 2.19. The first-order valence-corrected chi connectivity index (χ1v) is 7.15. The van der Waals surface area contributed by atoms with Gasteiger partial charge in [-0.2, -0.15) is 9.40 Å². The first-order chi connectivity index (χ1) is 8.01. The molecule has 0 amide bonds. The first-order valence-electron chi connectivity index (χ1n) is 5.71. The van der Waals surface area contributed by atoms with Gasteiger partial charge >= 0.3 is 0 Å². The van der Waals surface area contributed by atoms with Crippen molar-refractivity contribution >= 4 is 10.0 Å². The number of nitrogens with zero attached hydrogens (tertiary/aromatic N) is 3. The maximum absolute atomic E-state index is 12.4. The zero-order chi connectivity index (χ0) is 12.5. The summed E-state index contributed by atoms with van der Waals surface area (Å²) in [4.78, 5) is 2.41. The topological polar surface area (TPSA) is 69.3 Å². The molecule has 0 aliphatic carbocycles. The van der Waals surface area contributed by atoms with E-state index < -0.39 is 10.0 Å². The van der Waals surface area contributed by atoms with Crippen molar-refractivity contribution in [1.82, 2.24) is 19.4 Å². The maximum atomic E-state index is 12.4. The van der Waals surface area contributed by atoms with Crippen LogP contribution >= 0.6 is 0 Å².